The second kappa shape index (κ2) is 9.59. The molecule has 5 aromatic heterocycles. The summed E-state index contributed by atoms with van der Waals surface area (Å²) in [6, 6.07) is 8.34. The molecule has 0 bridgehead atoms. The van der Waals surface area contributed by atoms with Gasteiger partial charge in [0.15, 0.2) is 0 Å². The fourth-order valence-electron chi connectivity index (χ4n) is 6.01. The van der Waals surface area contributed by atoms with Crippen molar-refractivity contribution >= 4 is 33.3 Å². The number of nitrogens with zero attached hydrogens (tertiary/aromatic N) is 5. The Morgan fingerprint density at radius 3 is 2.63 bits per heavy atom. The Balaban J connectivity index is 1.22. The molecule has 2 fully saturated rings. The van der Waals surface area contributed by atoms with E-state index in [0.717, 1.165) is 63.7 Å². The number of H-pyrrole nitrogens is 2. The summed E-state index contributed by atoms with van der Waals surface area (Å²) in [5, 5.41) is 12.5. The molecule has 192 valence electrons. The van der Waals surface area contributed by atoms with E-state index in [2.05, 4.69) is 54.1 Å². The Morgan fingerprint density at radius 2 is 1.76 bits per heavy atom. The van der Waals surface area contributed by atoms with Crippen LogP contribution in [0.4, 0.5) is 11.4 Å². The van der Waals surface area contributed by atoms with Gasteiger partial charge >= 0.3 is 0 Å². The van der Waals surface area contributed by atoms with Gasteiger partial charge in [0.25, 0.3) is 0 Å². The second-order valence-corrected chi connectivity index (χ2v) is 10.6. The van der Waals surface area contributed by atoms with Crippen molar-refractivity contribution < 1.29 is 0 Å². The van der Waals surface area contributed by atoms with Crippen molar-refractivity contribution in [1.29, 1.82) is 0 Å². The minimum atomic E-state index is 0.545. The van der Waals surface area contributed by atoms with Gasteiger partial charge in [0.1, 0.15) is 11.2 Å². The summed E-state index contributed by atoms with van der Waals surface area (Å²) in [4.78, 5) is 20.0. The number of hydrogen-bond donors (Lipinski definition) is 3. The third-order valence-corrected chi connectivity index (χ3v) is 8.07. The Bertz CT molecular complexity index is 1620. The van der Waals surface area contributed by atoms with E-state index in [1.54, 1.807) is 0 Å². The van der Waals surface area contributed by atoms with Crippen LogP contribution in [0.25, 0.3) is 44.6 Å². The SMILES string of the molecule is C=C(Nc1cncc(-c2ccc3[nH]nc(-c4cc5c(N6CCCCC6)cncc5[nH]4)c3n2)c1)C1CCCC1. The second-order valence-electron chi connectivity index (χ2n) is 10.6. The third kappa shape index (κ3) is 4.20. The molecule has 1 saturated carbocycles. The van der Waals surface area contributed by atoms with Crippen molar-refractivity contribution in [3.8, 4) is 22.6 Å². The molecule has 0 spiro atoms. The predicted octanol–water partition coefficient (Wildman–Crippen LogP) is 6.67. The first-order valence-electron chi connectivity index (χ1n) is 13.7. The van der Waals surface area contributed by atoms with E-state index in [0.29, 0.717) is 5.92 Å². The van der Waals surface area contributed by atoms with Crippen molar-refractivity contribution in [1.82, 2.24) is 30.1 Å². The van der Waals surface area contributed by atoms with Crippen LogP contribution in [0.1, 0.15) is 44.9 Å². The summed E-state index contributed by atoms with van der Waals surface area (Å²) in [5.41, 5.74) is 9.51. The molecule has 0 atom stereocenters. The summed E-state index contributed by atoms with van der Waals surface area (Å²) in [6.45, 7) is 6.44. The largest absolute Gasteiger partial charge is 0.370 e. The van der Waals surface area contributed by atoms with E-state index in [-0.39, 0.29) is 0 Å². The fraction of sp³-hybridized carbons (Fsp3) is 0.333. The smallest absolute Gasteiger partial charge is 0.135 e. The van der Waals surface area contributed by atoms with Gasteiger partial charge in [0.2, 0.25) is 0 Å². The van der Waals surface area contributed by atoms with Gasteiger partial charge in [-0.25, -0.2) is 4.98 Å². The Labute approximate surface area is 221 Å². The van der Waals surface area contributed by atoms with Crippen LogP contribution in [0, 0.1) is 5.92 Å². The lowest BCUT2D eigenvalue weighted by Gasteiger charge is -2.28. The van der Waals surface area contributed by atoms with Crippen molar-refractivity contribution in [2.24, 2.45) is 5.92 Å². The summed E-state index contributed by atoms with van der Waals surface area (Å²) in [7, 11) is 0. The van der Waals surface area contributed by atoms with Crippen LogP contribution in [0.15, 0.2) is 61.3 Å². The van der Waals surface area contributed by atoms with Gasteiger partial charge in [-0.15, -0.1) is 0 Å². The molecule has 2 aliphatic rings. The van der Waals surface area contributed by atoms with E-state index in [4.69, 9.17) is 4.98 Å². The predicted molar refractivity (Wildman–Crippen MR) is 153 cm³/mol. The van der Waals surface area contributed by atoms with Gasteiger partial charge in [-0.1, -0.05) is 19.4 Å². The zero-order chi connectivity index (χ0) is 25.5. The van der Waals surface area contributed by atoms with Gasteiger partial charge < -0.3 is 15.2 Å². The number of hydrogen-bond acceptors (Lipinski definition) is 6. The molecule has 8 nitrogen and oxygen atoms in total. The summed E-state index contributed by atoms with van der Waals surface area (Å²) in [6.07, 6.45) is 16.3. The number of pyridine rings is 3. The van der Waals surface area contributed by atoms with Gasteiger partial charge in [-0.3, -0.25) is 15.1 Å². The normalized spacial score (nSPS) is 16.5. The van der Waals surface area contributed by atoms with Crippen LogP contribution in [0.5, 0.6) is 0 Å². The van der Waals surface area contributed by atoms with Crippen LogP contribution < -0.4 is 10.2 Å². The first kappa shape index (κ1) is 23.0. The van der Waals surface area contributed by atoms with Gasteiger partial charge in [0.05, 0.1) is 52.4 Å². The van der Waals surface area contributed by atoms with E-state index in [1.807, 2.05) is 36.9 Å². The molecular formula is C30H32N8. The van der Waals surface area contributed by atoms with Gasteiger partial charge in [-0.05, 0) is 62.3 Å². The molecule has 1 aliphatic carbocycles. The molecule has 1 aliphatic heterocycles. The van der Waals surface area contributed by atoms with Crippen molar-refractivity contribution in [2.45, 2.75) is 44.9 Å². The minimum Gasteiger partial charge on any atom is -0.370 e. The molecular weight excluding hydrogens is 472 g/mol. The van der Waals surface area contributed by atoms with E-state index in [1.165, 1.54) is 56.0 Å². The lowest BCUT2D eigenvalue weighted by molar-refractivity contribution is 0.578. The monoisotopic (exact) mass is 504 g/mol. The maximum absolute atomic E-state index is 5.03. The Morgan fingerprint density at radius 1 is 0.921 bits per heavy atom. The van der Waals surface area contributed by atoms with Gasteiger partial charge in [-0.2, -0.15) is 5.10 Å². The van der Waals surface area contributed by atoms with Crippen LogP contribution in [-0.4, -0.2) is 43.2 Å². The minimum absolute atomic E-state index is 0.545. The molecule has 5 aromatic rings. The summed E-state index contributed by atoms with van der Waals surface area (Å²) in [5.74, 6) is 0.545. The zero-order valence-electron chi connectivity index (χ0n) is 21.5. The number of nitrogens with one attached hydrogen (secondary N) is 3. The highest BCUT2D eigenvalue weighted by Crippen LogP contribution is 2.35. The molecule has 8 heteroatoms. The van der Waals surface area contributed by atoms with Crippen LogP contribution in [-0.2, 0) is 0 Å². The number of piperidine rings is 1. The molecule has 0 aromatic carbocycles. The van der Waals surface area contributed by atoms with Crippen LogP contribution >= 0.6 is 0 Å². The topological polar surface area (TPSA) is 98.4 Å². The molecule has 0 unspecified atom stereocenters. The standard InChI is InChI=1S/C30H32N8/c1-19(20-7-3-4-8-20)33-22-13-21(15-31-16-22)24-9-10-25-29(35-24)30(37-36-25)26-14-23-27(34-26)17-32-18-28(23)38-11-5-2-6-12-38/h9-10,13-18,20,33-34H,1-8,11-12H2,(H,36,37). The number of fused-ring (bicyclic) bond motifs is 2. The van der Waals surface area contributed by atoms with Crippen molar-refractivity contribution in [2.75, 3.05) is 23.3 Å². The number of anilines is 2. The first-order chi connectivity index (χ1) is 18.7. The first-order valence-corrected chi connectivity index (χ1v) is 13.7. The highest BCUT2D eigenvalue weighted by Gasteiger charge is 2.20. The number of aromatic amines is 2. The Hall–Kier alpha value is -4.20. The molecule has 7 rings (SSSR count). The molecule has 3 N–H and O–H groups in total. The number of allylic oxidation sites excluding steroid dienone is 1. The lowest BCUT2D eigenvalue weighted by Crippen LogP contribution is -2.29. The van der Waals surface area contributed by atoms with Crippen LogP contribution in [0.2, 0.25) is 0 Å². The summed E-state index contributed by atoms with van der Waals surface area (Å²) >= 11 is 0. The lowest BCUT2D eigenvalue weighted by atomic mass is 10.0. The molecule has 1 saturated heterocycles. The molecule has 0 amide bonds. The molecule has 38 heavy (non-hydrogen) atoms. The van der Waals surface area contributed by atoms with Crippen LogP contribution in [0.3, 0.4) is 0 Å². The van der Waals surface area contributed by atoms with E-state index >= 15 is 0 Å². The quantitative estimate of drug-likeness (QED) is 0.239. The summed E-state index contributed by atoms with van der Waals surface area (Å²) < 4.78 is 0. The van der Waals surface area contributed by atoms with E-state index < -0.39 is 0 Å². The van der Waals surface area contributed by atoms with E-state index in [9.17, 15) is 0 Å². The molecule has 0 radical (unpaired) electrons. The molecule has 6 heterocycles. The maximum atomic E-state index is 5.03. The van der Waals surface area contributed by atoms with Crippen molar-refractivity contribution in [3.05, 3.63) is 61.3 Å². The fourth-order valence-corrected chi connectivity index (χ4v) is 6.01. The third-order valence-electron chi connectivity index (χ3n) is 8.07. The highest BCUT2D eigenvalue weighted by atomic mass is 15.1. The average molecular weight is 505 g/mol. The zero-order valence-corrected chi connectivity index (χ0v) is 21.5. The van der Waals surface area contributed by atoms with Crippen molar-refractivity contribution in [3.63, 3.8) is 0 Å². The Kier molecular flexibility index (Phi) is 5.80. The van der Waals surface area contributed by atoms with Gasteiger partial charge in [0, 0.05) is 35.9 Å². The highest BCUT2D eigenvalue weighted by molar-refractivity contribution is 5.98. The average Bonchev–Trinajstić information content (AvgIpc) is 3.73. The number of aromatic nitrogens is 6. The maximum Gasteiger partial charge on any atom is 0.135 e. The number of rotatable bonds is 6.